The van der Waals surface area contributed by atoms with Crippen LogP contribution in [0.2, 0.25) is 0 Å². The Morgan fingerprint density at radius 3 is 0.984 bits per heavy atom. The molecule has 0 spiro atoms. The summed E-state index contributed by atoms with van der Waals surface area (Å²) in [6.07, 6.45) is 63.5. The lowest BCUT2D eigenvalue weighted by atomic mass is 10.1. The van der Waals surface area contributed by atoms with Gasteiger partial charge in [-0.1, -0.05) is 229 Å². The van der Waals surface area contributed by atoms with E-state index in [-0.39, 0.29) is 31.1 Å². The van der Waals surface area contributed by atoms with Crippen LogP contribution in [0.3, 0.4) is 0 Å². The Labute approximate surface area is 382 Å². The van der Waals surface area contributed by atoms with Gasteiger partial charge in [0.25, 0.3) is 0 Å². The number of carbonyl (C=O) groups is 3. The standard InChI is InChI=1S/C56H96O6/c1-4-7-10-13-16-18-20-21-22-23-24-25-26-27-28-29-30-31-32-33-34-35-37-38-40-43-46-49-55(58)61-52-53(51-60-54(57)48-45-42-15-12-9-6-3)62-56(59)50-47-44-41-39-36-19-17-14-11-8-5-2/h7,10,16,18,21-22,24-25,27-28,30-31,53H,4-6,8-9,11-15,17,19-20,23,26,29,32-52H2,1-3H3/b10-7-,18-16-,22-21-,25-24-,28-27-,31-30-. The topological polar surface area (TPSA) is 78.9 Å². The van der Waals surface area contributed by atoms with Gasteiger partial charge in [-0.3, -0.25) is 14.4 Å². The minimum Gasteiger partial charge on any atom is -0.462 e. The zero-order valence-corrected chi connectivity index (χ0v) is 40.6. The molecule has 0 radical (unpaired) electrons. The van der Waals surface area contributed by atoms with Crippen LogP contribution in [-0.4, -0.2) is 37.2 Å². The maximum Gasteiger partial charge on any atom is 0.306 e. The molecule has 0 aromatic heterocycles. The molecule has 0 aromatic carbocycles. The van der Waals surface area contributed by atoms with Crippen LogP contribution in [0, 0.1) is 0 Å². The Morgan fingerprint density at radius 1 is 0.339 bits per heavy atom. The maximum absolute atomic E-state index is 12.7. The summed E-state index contributed by atoms with van der Waals surface area (Å²) in [4.78, 5) is 37.7. The van der Waals surface area contributed by atoms with Crippen LogP contribution in [0.25, 0.3) is 0 Å². The lowest BCUT2D eigenvalue weighted by Crippen LogP contribution is -2.30. The fourth-order valence-electron chi connectivity index (χ4n) is 7.09. The van der Waals surface area contributed by atoms with Crippen molar-refractivity contribution in [2.24, 2.45) is 0 Å². The van der Waals surface area contributed by atoms with Crippen LogP contribution in [0.4, 0.5) is 0 Å². The van der Waals surface area contributed by atoms with Gasteiger partial charge in [-0.2, -0.15) is 0 Å². The first kappa shape index (κ1) is 58.9. The average molecular weight is 865 g/mol. The molecule has 1 atom stereocenters. The third kappa shape index (κ3) is 47.9. The molecule has 0 aliphatic carbocycles. The average Bonchev–Trinajstić information content (AvgIpc) is 3.27. The normalized spacial score (nSPS) is 12.6. The van der Waals surface area contributed by atoms with Crippen molar-refractivity contribution in [1.82, 2.24) is 0 Å². The second kappa shape index (κ2) is 50.5. The minimum absolute atomic E-state index is 0.0761. The van der Waals surface area contributed by atoms with E-state index < -0.39 is 6.10 Å². The van der Waals surface area contributed by atoms with E-state index in [1.54, 1.807) is 0 Å². The van der Waals surface area contributed by atoms with Gasteiger partial charge in [0, 0.05) is 19.3 Å². The minimum atomic E-state index is -0.771. The van der Waals surface area contributed by atoms with E-state index in [0.717, 1.165) is 103 Å². The van der Waals surface area contributed by atoms with E-state index >= 15 is 0 Å². The molecule has 0 saturated carbocycles. The fraction of sp³-hybridized carbons (Fsp3) is 0.732. The largest absolute Gasteiger partial charge is 0.462 e. The summed E-state index contributed by atoms with van der Waals surface area (Å²) in [6, 6.07) is 0. The predicted molar refractivity (Wildman–Crippen MR) is 265 cm³/mol. The van der Waals surface area contributed by atoms with Crippen molar-refractivity contribution < 1.29 is 28.6 Å². The maximum atomic E-state index is 12.7. The van der Waals surface area contributed by atoms with E-state index in [4.69, 9.17) is 14.2 Å². The number of esters is 3. The first-order valence-corrected chi connectivity index (χ1v) is 25.9. The van der Waals surface area contributed by atoms with Crippen molar-refractivity contribution >= 4 is 17.9 Å². The van der Waals surface area contributed by atoms with Crippen molar-refractivity contribution in [3.05, 3.63) is 72.9 Å². The second-order valence-electron chi connectivity index (χ2n) is 17.1. The number of hydrogen-bond donors (Lipinski definition) is 0. The van der Waals surface area contributed by atoms with Crippen LogP contribution in [0.5, 0.6) is 0 Å². The Balaban J connectivity index is 4.12. The lowest BCUT2D eigenvalue weighted by Gasteiger charge is -2.18. The van der Waals surface area contributed by atoms with E-state index in [1.807, 2.05) is 0 Å². The molecule has 0 heterocycles. The van der Waals surface area contributed by atoms with Gasteiger partial charge >= 0.3 is 17.9 Å². The molecule has 0 N–H and O–H groups in total. The highest BCUT2D eigenvalue weighted by Gasteiger charge is 2.19. The number of hydrogen-bond acceptors (Lipinski definition) is 6. The monoisotopic (exact) mass is 865 g/mol. The molecule has 0 aromatic rings. The number of rotatable bonds is 46. The quantitative estimate of drug-likeness (QED) is 0.0262. The zero-order chi connectivity index (χ0) is 45.1. The number of carbonyl (C=O) groups excluding carboxylic acids is 3. The molecule has 6 nitrogen and oxygen atoms in total. The second-order valence-corrected chi connectivity index (χ2v) is 17.1. The third-order valence-corrected chi connectivity index (χ3v) is 11.0. The molecule has 62 heavy (non-hydrogen) atoms. The Hall–Kier alpha value is -3.15. The summed E-state index contributed by atoms with van der Waals surface area (Å²) >= 11 is 0. The van der Waals surface area contributed by atoms with Crippen molar-refractivity contribution in [3.8, 4) is 0 Å². The van der Waals surface area contributed by atoms with Crippen LogP contribution in [0.1, 0.15) is 245 Å². The fourth-order valence-corrected chi connectivity index (χ4v) is 7.09. The summed E-state index contributed by atoms with van der Waals surface area (Å²) in [7, 11) is 0. The Bertz CT molecular complexity index is 1180. The molecule has 0 bridgehead atoms. The molecule has 0 saturated heterocycles. The molecule has 6 heteroatoms. The summed E-state index contributed by atoms with van der Waals surface area (Å²) < 4.78 is 16.7. The van der Waals surface area contributed by atoms with E-state index in [1.165, 1.54) is 103 Å². The molecule has 0 fully saturated rings. The third-order valence-electron chi connectivity index (χ3n) is 11.0. The molecule has 0 rings (SSSR count). The first-order chi connectivity index (χ1) is 30.5. The molecule has 0 aliphatic rings. The highest BCUT2D eigenvalue weighted by atomic mass is 16.6. The number of ether oxygens (including phenoxy) is 3. The predicted octanol–water partition coefficient (Wildman–Crippen LogP) is 17.0. The molecular weight excluding hydrogens is 769 g/mol. The van der Waals surface area contributed by atoms with Gasteiger partial charge in [0.15, 0.2) is 6.10 Å². The zero-order valence-electron chi connectivity index (χ0n) is 40.6. The highest BCUT2D eigenvalue weighted by Crippen LogP contribution is 2.15. The lowest BCUT2D eigenvalue weighted by molar-refractivity contribution is -0.167. The highest BCUT2D eigenvalue weighted by molar-refractivity contribution is 5.71. The van der Waals surface area contributed by atoms with E-state index in [9.17, 15) is 14.4 Å². The van der Waals surface area contributed by atoms with Crippen LogP contribution in [-0.2, 0) is 28.6 Å². The van der Waals surface area contributed by atoms with Gasteiger partial charge in [0.2, 0.25) is 0 Å². The number of allylic oxidation sites excluding steroid dienone is 12. The van der Waals surface area contributed by atoms with Crippen LogP contribution >= 0.6 is 0 Å². The molecule has 356 valence electrons. The molecule has 1 unspecified atom stereocenters. The van der Waals surface area contributed by atoms with Crippen molar-refractivity contribution in [1.29, 1.82) is 0 Å². The van der Waals surface area contributed by atoms with Gasteiger partial charge in [0.1, 0.15) is 13.2 Å². The van der Waals surface area contributed by atoms with Gasteiger partial charge in [-0.05, 0) is 70.6 Å². The Kier molecular flexibility index (Phi) is 47.9. The summed E-state index contributed by atoms with van der Waals surface area (Å²) in [6.45, 7) is 6.45. The molecule has 0 amide bonds. The molecular formula is C56H96O6. The Morgan fingerprint density at radius 2 is 0.629 bits per heavy atom. The van der Waals surface area contributed by atoms with E-state index in [2.05, 4.69) is 93.7 Å². The van der Waals surface area contributed by atoms with E-state index in [0.29, 0.717) is 19.3 Å². The van der Waals surface area contributed by atoms with Crippen LogP contribution < -0.4 is 0 Å². The summed E-state index contributed by atoms with van der Waals surface area (Å²) in [5.41, 5.74) is 0. The summed E-state index contributed by atoms with van der Waals surface area (Å²) in [5, 5.41) is 0. The van der Waals surface area contributed by atoms with Gasteiger partial charge < -0.3 is 14.2 Å². The van der Waals surface area contributed by atoms with Gasteiger partial charge in [0.05, 0.1) is 0 Å². The van der Waals surface area contributed by atoms with Crippen molar-refractivity contribution in [2.45, 2.75) is 252 Å². The molecule has 0 aliphatic heterocycles. The van der Waals surface area contributed by atoms with Crippen molar-refractivity contribution in [2.75, 3.05) is 13.2 Å². The van der Waals surface area contributed by atoms with Crippen molar-refractivity contribution in [3.63, 3.8) is 0 Å². The SMILES string of the molecule is CC/C=C\C/C=C\C/C=C\C/C=C\C/C=C\C/C=C\CCCCCCCCCCC(=O)OCC(COC(=O)CCCCCCCC)OC(=O)CCCCCCCCCCCCC. The smallest absolute Gasteiger partial charge is 0.306 e. The number of unbranched alkanes of at least 4 members (excludes halogenated alkanes) is 23. The van der Waals surface area contributed by atoms with Gasteiger partial charge in [-0.15, -0.1) is 0 Å². The van der Waals surface area contributed by atoms with Crippen LogP contribution in [0.15, 0.2) is 72.9 Å². The summed E-state index contributed by atoms with van der Waals surface area (Å²) in [5.74, 6) is -0.894. The first-order valence-electron chi connectivity index (χ1n) is 25.9. The van der Waals surface area contributed by atoms with Gasteiger partial charge in [-0.25, -0.2) is 0 Å².